The van der Waals surface area contributed by atoms with Gasteiger partial charge in [-0.1, -0.05) is 12.1 Å². The summed E-state index contributed by atoms with van der Waals surface area (Å²) in [7, 11) is 0. The highest BCUT2D eigenvalue weighted by Crippen LogP contribution is 2.16. The molecule has 0 bridgehead atoms. The van der Waals surface area contributed by atoms with Crippen LogP contribution in [0.1, 0.15) is 18.1 Å². The zero-order valence-electron chi connectivity index (χ0n) is 14.3. The van der Waals surface area contributed by atoms with E-state index in [1.54, 1.807) is 31.2 Å². The molecule has 0 aliphatic carbocycles. The van der Waals surface area contributed by atoms with Crippen LogP contribution in [-0.4, -0.2) is 27.2 Å². The minimum absolute atomic E-state index is 0.0155. The minimum Gasteiger partial charge on any atom is -0.272 e. The lowest BCUT2D eigenvalue weighted by molar-refractivity contribution is -0.385. The Morgan fingerprint density at radius 2 is 1.52 bits per heavy atom. The van der Waals surface area contributed by atoms with Crippen molar-refractivity contribution in [3.8, 4) is 0 Å². The van der Waals surface area contributed by atoms with Crippen LogP contribution in [0.25, 0.3) is 0 Å². The molecule has 10 heteroatoms. The molecule has 1 N–H and O–H groups in total. The number of nitrogens with one attached hydrogen (secondary N) is 1. The number of nitrogens with zero attached hydrogens (tertiary/aromatic N) is 3. The standard InChI is InChI=1S/C17H16N4O5S/c1-12(14-4-8-16(9-5-14)21(25)26)18-19-17(22)11-27-10-13-2-6-15(7-3-13)20(23)24/h2-9H,10-11H2,1H3,(H,19,22)/b18-12-. The van der Waals surface area contributed by atoms with Gasteiger partial charge < -0.3 is 0 Å². The Kier molecular flexibility index (Phi) is 7.00. The van der Waals surface area contributed by atoms with Crippen LogP contribution in [0, 0.1) is 20.2 Å². The Balaban J connectivity index is 1.80. The van der Waals surface area contributed by atoms with Gasteiger partial charge in [0.25, 0.3) is 11.4 Å². The molecule has 0 radical (unpaired) electrons. The summed E-state index contributed by atoms with van der Waals surface area (Å²) >= 11 is 1.36. The van der Waals surface area contributed by atoms with E-state index in [9.17, 15) is 25.0 Å². The van der Waals surface area contributed by atoms with Gasteiger partial charge in [0.2, 0.25) is 5.91 Å². The van der Waals surface area contributed by atoms with E-state index in [-0.39, 0.29) is 23.0 Å². The van der Waals surface area contributed by atoms with Gasteiger partial charge in [0.1, 0.15) is 0 Å². The Bertz CT molecular complexity index is 866. The van der Waals surface area contributed by atoms with E-state index >= 15 is 0 Å². The minimum atomic E-state index is -0.486. The predicted molar refractivity (Wildman–Crippen MR) is 103 cm³/mol. The molecule has 0 fully saturated rings. The van der Waals surface area contributed by atoms with Crippen LogP contribution >= 0.6 is 11.8 Å². The summed E-state index contributed by atoms with van der Waals surface area (Å²) in [6.45, 7) is 1.69. The fourth-order valence-corrected chi connectivity index (χ4v) is 2.82. The number of amides is 1. The fraction of sp³-hybridized carbons (Fsp3) is 0.176. The summed E-state index contributed by atoms with van der Waals surface area (Å²) in [4.78, 5) is 32.1. The first kappa shape index (κ1) is 20.0. The second-order valence-electron chi connectivity index (χ2n) is 5.45. The number of carbonyl (C=O) groups is 1. The van der Waals surface area contributed by atoms with E-state index in [0.717, 1.165) is 5.56 Å². The third-order valence-electron chi connectivity index (χ3n) is 3.49. The van der Waals surface area contributed by atoms with E-state index in [2.05, 4.69) is 10.5 Å². The molecule has 2 aromatic carbocycles. The molecule has 0 spiro atoms. The summed E-state index contributed by atoms with van der Waals surface area (Å²) < 4.78 is 0. The van der Waals surface area contributed by atoms with Crippen molar-refractivity contribution in [2.45, 2.75) is 12.7 Å². The van der Waals surface area contributed by atoms with Gasteiger partial charge in [-0.2, -0.15) is 5.10 Å². The molecular weight excluding hydrogens is 372 g/mol. The van der Waals surface area contributed by atoms with E-state index in [1.165, 1.54) is 36.0 Å². The van der Waals surface area contributed by atoms with Crippen molar-refractivity contribution < 1.29 is 14.6 Å². The number of carbonyl (C=O) groups excluding carboxylic acids is 1. The van der Waals surface area contributed by atoms with Crippen LogP contribution in [0.2, 0.25) is 0 Å². The lowest BCUT2D eigenvalue weighted by atomic mass is 10.1. The number of nitro benzene ring substituents is 2. The fourth-order valence-electron chi connectivity index (χ4n) is 2.04. The second-order valence-corrected chi connectivity index (χ2v) is 6.44. The summed E-state index contributed by atoms with van der Waals surface area (Å²) in [6.07, 6.45) is 0. The number of rotatable bonds is 8. The predicted octanol–water partition coefficient (Wildman–Crippen LogP) is 3.28. The third-order valence-corrected chi connectivity index (χ3v) is 4.50. The van der Waals surface area contributed by atoms with Gasteiger partial charge >= 0.3 is 0 Å². The highest BCUT2D eigenvalue weighted by atomic mass is 32.2. The van der Waals surface area contributed by atoms with E-state index in [4.69, 9.17) is 0 Å². The Hall–Kier alpha value is -3.27. The number of non-ortho nitro benzene ring substituents is 2. The number of hydrogen-bond acceptors (Lipinski definition) is 7. The summed E-state index contributed by atoms with van der Waals surface area (Å²) in [5.74, 6) is 0.424. The molecule has 2 rings (SSSR count). The van der Waals surface area contributed by atoms with Crippen LogP contribution < -0.4 is 5.43 Å². The highest BCUT2D eigenvalue weighted by Gasteiger charge is 2.07. The Labute approximate surface area is 158 Å². The van der Waals surface area contributed by atoms with Crippen molar-refractivity contribution in [2.75, 3.05) is 5.75 Å². The van der Waals surface area contributed by atoms with E-state index < -0.39 is 9.85 Å². The molecule has 27 heavy (non-hydrogen) atoms. The first-order chi connectivity index (χ1) is 12.9. The molecule has 0 heterocycles. The average Bonchev–Trinajstić information content (AvgIpc) is 2.66. The molecule has 0 atom stereocenters. The van der Waals surface area contributed by atoms with Gasteiger partial charge in [-0.25, -0.2) is 5.43 Å². The maximum Gasteiger partial charge on any atom is 0.269 e. The number of nitro groups is 2. The molecular formula is C17H16N4O5S. The summed E-state index contributed by atoms with van der Waals surface area (Å²) in [5.41, 5.74) is 4.51. The zero-order chi connectivity index (χ0) is 19.8. The molecule has 9 nitrogen and oxygen atoms in total. The van der Waals surface area contributed by atoms with Crippen LogP contribution in [0.3, 0.4) is 0 Å². The molecule has 140 valence electrons. The van der Waals surface area contributed by atoms with Crippen molar-refractivity contribution in [3.05, 3.63) is 79.9 Å². The van der Waals surface area contributed by atoms with Crippen molar-refractivity contribution in [1.29, 1.82) is 0 Å². The molecule has 0 saturated carbocycles. The van der Waals surface area contributed by atoms with Crippen LogP contribution in [0.5, 0.6) is 0 Å². The quantitative estimate of drug-likeness (QED) is 0.420. The number of hydrazone groups is 1. The van der Waals surface area contributed by atoms with Gasteiger partial charge in [-0.05, 0) is 30.2 Å². The Morgan fingerprint density at radius 3 is 2.04 bits per heavy atom. The van der Waals surface area contributed by atoms with E-state index in [0.29, 0.717) is 17.0 Å². The molecule has 0 aromatic heterocycles. The lowest BCUT2D eigenvalue weighted by Gasteiger charge is -2.04. The SMILES string of the molecule is C/C(=N/NC(=O)CSCc1ccc([N+](=O)[O-])cc1)c1ccc([N+](=O)[O-])cc1. The van der Waals surface area contributed by atoms with Crippen LogP contribution in [0.15, 0.2) is 53.6 Å². The normalized spacial score (nSPS) is 11.1. The maximum absolute atomic E-state index is 11.8. The third kappa shape index (κ3) is 6.19. The monoisotopic (exact) mass is 388 g/mol. The molecule has 0 aliphatic heterocycles. The maximum atomic E-state index is 11.8. The van der Waals surface area contributed by atoms with Gasteiger partial charge in [0, 0.05) is 30.0 Å². The highest BCUT2D eigenvalue weighted by molar-refractivity contribution is 7.99. The smallest absolute Gasteiger partial charge is 0.269 e. The second kappa shape index (κ2) is 9.43. The van der Waals surface area contributed by atoms with E-state index in [1.807, 2.05) is 0 Å². The zero-order valence-corrected chi connectivity index (χ0v) is 15.1. The van der Waals surface area contributed by atoms with Crippen LogP contribution in [0.4, 0.5) is 11.4 Å². The first-order valence-corrected chi connectivity index (χ1v) is 8.91. The number of hydrogen-bond donors (Lipinski definition) is 1. The topological polar surface area (TPSA) is 128 Å². The van der Waals surface area contributed by atoms with Crippen molar-refractivity contribution in [2.24, 2.45) is 5.10 Å². The Morgan fingerprint density at radius 1 is 1.00 bits per heavy atom. The van der Waals surface area contributed by atoms with Gasteiger partial charge in [-0.3, -0.25) is 25.0 Å². The first-order valence-electron chi connectivity index (χ1n) is 7.76. The summed E-state index contributed by atoms with van der Waals surface area (Å²) in [5, 5.41) is 25.2. The van der Waals surface area contributed by atoms with Gasteiger partial charge in [-0.15, -0.1) is 11.8 Å². The van der Waals surface area contributed by atoms with Gasteiger partial charge in [0.05, 0.1) is 21.3 Å². The van der Waals surface area contributed by atoms with Crippen LogP contribution in [-0.2, 0) is 10.5 Å². The largest absolute Gasteiger partial charge is 0.272 e. The van der Waals surface area contributed by atoms with Crippen molar-refractivity contribution in [1.82, 2.24) is 5.43 Å². The van der Waals surface area contributed by atoms with Gasteiger partial charge in [0.15, 0.2) is 0 Å². The molecule has 0 saturated heterocycles. The lowest BCUT2D eigenvalue weighted by Crippen LogP contribution is -2.21. The molecule has 0 aliphatic rings. The average molecular weight is 388 g/mol. The number of benzene rings is 2. The molecule has 0 unspecified atom stereocenters. The van der Waals surface area contributed by atoms with Crippen molar-refractivity contribution >= 4 is 34.8 Å². The molecule has 2 aromatic rings. The molecule has 1 amide bonds. The van der Waals surface area contributed by atoms with Crippen molar-refractivity contribution in [3.63, 3.8) is 0 Å². The summed E-state index contributed by atoms with van der Waals surface area (Å²) in [6, 6.07) is 12.0. The number of thioether (sulfide) groups is 1.